The van der Waals surface area contributed by atoms with Crippen LogP contribution in [0.4, 0.5) is 0 Å². The lowest BCUT2D eigenvalue weighted by Crippen LogP contribution is -2.46. The summed E-state index contributed by atoms with van der Waals surface area (Å²) in [7, 11) is 0. The molecule has 0 bridgehead atoms. The van der Waals surface area contributed by atoms with Crippen LogP contribution >= 0.6 is 11.6 Å². The first-order valence-electron chi connectivity index (χ1n) is 12.1. The molecule has 178 valence electrons. The number of aromatic carboxylic acids is 1. The number of nitrogens with zero attached hydrogens (tertiary/aromatic N) is 3. The molecule has 2 aliphatic rings. The predicted molar refractivity (Wildman–Crippen MR) is 135 cm³/mol. The van der Waals surface area contributed by atoms with Crippen LogP contribution in [0.1, 0.15) is 48.0 Å². The Morgan fingerprint density at radius 2 is 1.71 bits per heavy atom. The van der Waals surface area contributed by atoms with Crippen molar-refractivity contribution in [2.45, 2.75) is 44.7 Å². The maximum atomic E-state index is 12.6. The number of hydrogen-bond donors (Lipinski definition) is 2. The minimum absolute atomic E-state index is 0.0751. The van der Waals surface area contributed by atoms with E-state index in [4.69, 9.17) is 16.6 Å². The molecule has 2 saturated heterocycles. The minimum atomic E-state index is -1.01. The number of piperidine rings is 2. The first-order chi connectivity index (χ1) is 16.5. The zero-order valence-electron chi connectivity index (χ0n) is 19.2. The molecule has 0 unspecified atom stereocenters. The number of halogens is 1. The quantitative estimate of drug-likeness (QED) is 0.509. The van der Waals surface area contributed by atoms with Crippen molar-refractivity contribution in [3.05, 3.63) is 58.6 Å². The van der Waals surface area contributed by atoms with E-state index in [0.29, 0.717) is 34.7 Å². The Hall–Kier alpha value is -2.67. The molecule has 6 nitrogen and oxygen atoms in total. The first kappa shape index (κ1) is 23.1. The highest BCUT2D eigenvalue weighted by atomic mass is 35.5. The molecule has 2 aromatic carbocycles. The molecule has 0 radical (unpaired) electrons. The van der Waals surface area contributed by atoms with Gasteiger partial charge in [-0.2, -0.15) is 0 Å². The lowest BCUT2D eigenvalue weighted by Gasteiger charge is -2.40. The molecule has 3 heterocycles. The van der Waals surface area contributed by atoms with Crippen LogP contribution in [0.25, 0.3) is 22.2 Å². The third-order valence-electron chi connectivity index (χ3n) is 7.28. The number of likely N-dealkylation sites (tertiary alicyclic amines) is 2. The number of phenolic OH excluding ortho intramolecular Hbond substituents is 1. The summed E-state index contributed by atoms with van der Waals surface area (Å²) in [5.74, 6) is -1.12. The van der Waals surface area contributed by atoms with E-state index in [0.717, 1.165) is 31.5 Å². The van der Waals surface area contributed by atoms with Gasteiger partial charge in [-0.15, -0.1) is 0 Å². The van der Waals surface area contributed by atoms with Crippen molar-refractivity contribution < 1.29 is 15.0 Å². The Bertz CT molecular complexity index is 1190. The standard InChI is InChI=1S/C27H30ClN3O3/c28-24-22(32)10-9-20-23(27(33)34)21(25(29-26(20)24)18-7-3-1-4-8-18)17-30-15-11-19(12-16-30)31-13-5-2-6-14-31/h1,3-4,7-10,19,32H,2,5-6,11-17H2,(H,33,34). The number of carboxylic acids is 1. The summed E-state index contributed by atoms with van der Waals surface area (Å²) in [6.07, 6.45) is 6.13. The molecule has 0 saturated carbocycles. The van der Waals surface area contributed by atoms with Crippen LogP contribution in [-0.2, 0) is 6.54 Å². The van der Waals surface area contributed by atoms with Crippen molar-refractivity contribution in [3.63, 3.8) is 0 Å². The van der Waals surface area contributed by atoms with Crippen molar-refractivity contribution in [1.82, 2.24) is 14.8 Å². The highest BCUT2D eigenvalue weighted by Crippen LogP contribution is 2.38. The van der Waals surface area contributed by atoms with Gasteiger partial charge in [-0.25, -0.2) is 9.78 Å². The molecule has 7 heteroatoms. The molecule has 34 heavy (non-hydrogen) atoms. The van der Waals surface area contributed by atoms with Gasteiger partial charge < -0.3 is 15.1 Å². The first-order valence-corrected chi connectivity index (χ1v) is 12.5. The number of pyridine rings is 1. The predicted octanol–water partition coefficient (Wildman–Crippen LogP) is 5.41. The Kier molecular flexibility index (Phi) is 6.73. The maximum absolute atomic E-state index is 12.6. The van der Waals surface area contributed by atoms with E-state index in [-0.39, 0.29) is 16.3 Å². The van der Waals surface area contributed by atoms with Gasteiger partial charge in [0.1, 0.15) is 10.8 Å². The molecule has 0 aliphatic carbocycles. The van der Waals surface area contributed by atoms with Crippen molar-refractivity contribution in [1.29, 1.82) is 0 Å². The van der Waals surface area contributed by atoms with E-state index < -0.39 is 5.97 Å². The van der Waals surface area contributed by atoms with Crippen molar-refractivity contribution in [3.8, 4) is 17.0 Å². The van der Waals surface area contributed by atoms with Crippen molar-refractivity contribution in [2.24, 2.45) is 0 Å². The summed E-state index contributed by atoms with van der Waals surface area (Å²) < 4.78 is 0. The van der Waals surface area contributed by atoms with Gasteiger partial charge in [0.25, 0.3) is 0 Å². The normalized spacial score (nSPS) is 18.4. The molecular weight excluding hydrogens is 450 g/mol. The number of rotatable bonds is 5. The molecule has 2 N–H and O–H groups in total. The van der Waals surface area contributed by atoms with E-state index in [1.54, 1.807) is 6.07 Å². The average molecular weight is 480 g/mol. The zero-order valence-corrected chi connectivity index (χ0v) is 20.0. The van der Waals surface area contributed by atoms with Gasteiger partial charge in [0.05, 0.1) is 16.8 Å². The molecule has 2 aliphatic heterocycles. The molecule has 5 rings (SSSR count). The number of benzene rings is 2. The molecular formula is C27H30ClN3O3. The molecule has 0 amide bonds. The lowest BCUT2D eigenvalue weighted by molar-refractivity contribution is 0.0692. The molecule has 2 fully saturated rings. The van der Waals surface area contributed by atoms with Gasteiger partial charge in [0.15, 0.2) is 0 Å². The van der Waals surface area contributed by atoms with Gasteiger partial charge in [0, 0.05) is 29.1 Å². The maximum Gasteiger partial charge on any atom is 0.336 e. The fourth-order valence-electron chi connectivity index (χ4n) is 5.51. The van der Waals surface area contributed by atoms with Gasteiger partial charge in [-0.3, -0.25) is 4.90 Å². The fraction of sp³-hybridized carbons (Fsp3) is 0.407. The zero-order chi connectivity index (χ0) is 23.7. The Morgan fingerprint density at radius 3 is 2.38 bits per heavy atom. The van der Waals surface area contributed by atoms with E-state index in [2.05, 4.69) is 9.80 Å². The smallest absolute Gasteiger partial charge is 0.336 e. The summed E-state index contributed by atoms with van der Waals surface area (Å²) >= 11 is 6.38. The van der Waals surface area contributed by atoms with Crippen LogP contribution in [-0.4, -0.2) is 63.2 Å². The lowest BCUT2D eigenvalue weighted by atomic mass is 9.94. The molecule has 3 aromatic rings. The number of carbonyl (C=O) groups is 1. The van der Waals surface area contributed by atoms with Gasteiger partial charge in [0.2, 0.25) is 0 Å². The monoisotopic (exact) mass is 479 g/mol. The fourth-order valence-corrected chi connectivity index (χ4v) is 5.71. The Morgan fingerprint density at radius 1 is 1.00 bits per heavy atom. The topological polar surface area (TPSA) is 76.9 Å². The van der Waals surface area contributed by atoms with Crippen LogP contribution in [0.2, 0.25) is 5.02 Å². The van der Waals surface area contributed by atoms with Crippen LogP contribution in [0.5, 0.6) is 5.75 Å². The summed E-state index contributed by atoms with van der Waals surface area (Å²) in [4.78, 5) is 22.4. The Balaban J connectivity index is 1.52. The molecule has 1 aromatic heterocycles. The number of aromatic nitrogens is 1. The highest BCUT2D eigenvalue weighted by Gasteiger charge is 2.29. The Labute approximate surface area is 204 Å². The minimum Gasteiger partial charge on any atom is -0.506 e. The van der Waals surface area contributed by atoms with Crippen molar-refractivity contribution in [2.75, 3.05) is 26.2 Å². The summed E-state index contributed by atoms with van der Waals surface area (Å²) in [5.41, 5.74) is 2.67. The van der Waals surface area contributed by atoms with E-state index in [9.17, 15) is 15.0 Å². The van der Waals surface area contributed by atoms with Crippen LogP contribution < -0.4 is 0 Å². The SMILES string of the molecule is O=C(O)c1c(CN2CCC(N3CCCCC3)CC2)c(-c2ccccc2)nc2c(Cl)c(O)ccc12. The summed E-state index contributed by atoms with van der Waals surface area (Å²) in [6, 6.07) is 13.3. The second-order valence-electron chi connectivity index (χ2n) is 9.38. The number of hydrogen-bond acceptors (Lipinski definition) is 5. The van der Waals surface area contributed by atoms with Crippen LogP contribution in [0.3, 0.4) is 0 Å². The van der Waals surface area contributed by atoms with Gasteiger partial charge in [-0.05, 0) is 64.0 Å². The third-order valence-corrected chi connectivity index (χ3v) is 7.66. The second kappa shape index (κ2) is 9.90. The summed E-state index contributed by atoms with van der Waals surface area (Å²) in [5, 5.41) is 20.9. The second-order valence-corrected chi connectivity index (χ2v) is 9.76. The van der Waals surface area contributed by atoms with E-state index >= 15 is 0 Å². The molecule has 0 spiro atoms. The third kappa shape index (κ3) is 4.50. The van der Waals surface area contributed by atoms with Crippen LogP contribution in [0, 0.1) is 0 Å². The summed E-state index contributed by atoms with van der Waals surface area (Å²) in [6.45, 7) is 4.79. The largest absolute Gasteiger partial charge is 0.506 e. The number of aromatic hydroxyl groups is 1. The van der Waals surface area contributed by atoms with Gasteiger partial charge in [-0.1, -0.05) is 48.4 Å². The van der Waals surface area contributed by atoms with Crippen LogP contribution in [0.15, 0.2) is 42.5 Å². The van der Waals surface area contributed by atoms with Gasteiger partial charge >= 0.3 is 5.97 Å². The average Bonchev–Trinajstić information content (AvgIpc) is 2.87. The van der Waals surface area contributed by atoms with E-state index in [1.165, 1.54) is 38.4 Å². The van der Waals surface area contributed by atoms with Crippen molar-refractivity contribution >= 4 is 28.5 Å². The number of carboxylic acid groups (broad SMARTS) is 1. The molecule has 0 atom stereocenters. The van der Waals surface area contributed by atoms with E-state index in [1.807, 2.05) is 30.3 Å². The number of fused-ring (bicyclic) bond motifs is 1. The number of phenols is 1. The highest BCUT2D eigenvalue weighted by molar-refractivity contribution is 6.37.